The maximum Gasteiger partial charge on any atom is 0.0696 e. The van der Waals surface area contributed by atoms with Gasteiger partial charge in [0.1, 0.15) is 0 Å². The van der Waals surface area contributed by atoms with E-state index in [1.54, 1.807) is 0 Å². The third-order valence-corrected chi connectivity index (χ3v) is 4.86. The SMILES string of the molecule is CN1c2ccccc2N(c2ccc(CO)c(Cl)c2)CC1(C)C. The predicted molar refractivity (Wildman–Crippen MR) is 93.3 cm³/mol. The molecule has 0 saturated heterocycles. The Bertz CT molecular complexity index is 699. The molecule has 116 valence electrons. The molecular weight excluding hydrogens is 296 g/mol. The quantitative estimate of drug-likeness (QED) is 0.899. The van der Waals surface area contributed by atoms with E-state index in [1.807, 2.05) is 18.2 Å². The Balaban J connectivity index is 2.11. The van der Waals surface area contributed by atoms with Gasteiger partial charge in [-0.3, -0.25) is 0 Å². The van der Waals surface area contributed by atoms with Crippen LogP contribution in [0.3, 0.4) is 0 Å². The third kappa shape index (κ3) is 2.44. The summed E-state index contributed by atoms with van der Waals surface area (Å²) >= 11 is 6.28. The summed E-state index contributed by atoms with van der Waals surface area (Å²) in [6, 6.07) is 14.3. The molecule has 3 rings (SSSR count). The Kier molecular flexibility index (Phi) is 3.79. The molecule has 0 unspecified atom stereocenters. The largest absolute Gasteiger partial charge is 0.392 e. The van der Waals surface area contributed by atoms with Gasteiger partial charge in [0.15, 0.2) is 0 Å². The third-order valence-electron chi connectivity index (χ3n) is 4.51. The van der Waals surface area contributed by atoms with Gasteiger partial charge in [0.2, 0.25) is 0 Å². The second-order valence-electron chi connectivity index (χ2n) is 6.38. The highest BCUT2D eigenvalue weighted by Crippen LogP contribution is 2.42. The van der Waals surface area contributed by atoms with Crippen molar-refractivity contribution in [2.45, 2.75) is 26.0 Å². The lowest BCUT2D eigenvalue weighted by Crippen LogP contribution is -2.53. The molecule has 0 aliphatic carbocycles. The number of benzene rings is 2. The highest BCUT2D eigenvalue weighted by Gasteiger charge is 2.34. The van der Waals surface area contributed by atoms with Crippen LogP contribution in [0, 0.1) is 0 Å². The maximum absolute atomic E-state index is 9.29. The van der Waals surface area contributed by atoms with Crippen LogP contribution in [0.2, 0.25) is 5.02 Å². The number of likely N-dealkylation sites (N-methyl/N-ethyl adjacent to an activating group) is 1. The zero-order chi connectivity index (χ0) is 15.9. The first-order valence-electron chi connectivity index (χ1n) is 7.44. The number of nitrogens with zero attached hydrogens (tertiary/aromatic N) is 2. The minimum Gasteiger partial charge on any atom is -0.392 e. The van der Waals surface area contributed by atoms with Gasteiger partial charge >= 0.3 is 0 Å². The lowest BCUT2D eigenvalue weighted by Gasteiger charge is -2.48. The molecule has 0 fully saturated rings. The zero-order valence-electron chi connectivity index (χ0n) is 13.2. The monoisotopic (exact) mass is 316 g/mol. The van der Waals surface area contributed by atoms with Crippen LogP contribution in [0.15, 0.2) is 42.5 Å². The van der Waals surface area contributed by atoms with Crippen molar-refractivity contribution < 1.29 is 5.11 Å². The molecule has 22 heavy (non-hydrogen) atoms. The van der Waals surface area contributed by atoms with Crippen molar-refractivity contribution in [3.8, 4) is 0 Å². The number of para-hydroxylation sites is 2. The summed E-state index contributed by atoms with van der Waals surface area (Å²) in [4.78, 5) is 4.62. The Hall–Kier alpha value is -1.71. The first-order valence-corrected chi connectivity index (χ1v) is 7.81. The fraction of sp³-hybridized carbons (Fsp3) is 0.333. The topological polar surface area (TPSA) is 26.7 Å². The van der Waals surface area contributed by atoms with Gasteiger partial charge in [0, 0.05) is 24.3 Å². The molecule has 0 saturated carbocycles. The number of halogens is 1. The Morgan fingerprint density at radius 2 is 1.82 bits per heavy atom. The number of anilines is 3. The molecule has 1 heterocycles. The van der Waals surface area contributed by atoms with Crippen molar-refractivity contribution in [2.24, 2.45) is 0 Å². The van der Waals surface area contributed by atoms with Gasteiger partial charge < -0.3 is 14.9 Å². The van der Waals surface area contributed by atoms with Crippen LogP contribution in [-0.2, 0) is 6.61 Å². The molecule has 4 heteroatoms. The van der Waals surface area contributed by atoms with Crippen LogP contribution < -0.4 is 9.80 Å². The molecule has 0 aromatic heterocycles. The van der Waals surface area contributed by atoms with Gasteiger partial charge in [0.05, 0.1) is 23.5 Å². The minimum absolute atomic E-state index is 0.0104. The normalized spacial score (nSPS) is 16.6. The van der Waals surface area contributed by atoms with E-state index in [9.17, 15) is 5.11 Å². The molecular formula is C18H21ClN2O. The van der Waals surface area contributed by atoms with E-state index < -0.39 is 0 Å². The molecule has 1 N–H and O–H groups in total. The number of hydrogen-bond donors (Lipinski definition) is 1. The highest BCUT2D eigenvalue weighted by molar-refractivity contribution is 6.31. The van der Waals surface area contributed by atoms with Crippen molar-refractivity contribution in [1.29, 1.82) is 0 Å². The predicted octanol–water partition coefficient (Wildman–Crippen LogP) is 4.20. The average molecular weight is 317 g/mol. The molecule has 0 atom stereocenters. The van der Waals surface area contributed by atoms with Gasteiger partial charge in [-0.15, -0.1) is 0 Å². The summed E-state index contributed by atoms with van der Waals surface area (Å²) in [5, 5.41) is 9.90. The van der Waals surface area contributed by atoms with E-state index in [1.165, 1.54) is 11.4 Å². The van der Waals surface area contributed by atoms with E-state index in [4.69, 9.17) is 11.6 Å². The van der Waals surface area contributed by atoms with Crippen LogP contribution in [-0.4, -0.2) is 24.2 Å². The Labute approximate surface area is 136 Å². The first kappa shape index (κ1) is 15.2. The lowest BCUT2D eigenvalue weighted by atomic mass is 9.96. The molecule has 0 radical (unpaired) electrons. The summed E-state index contributed by atoms with van der Waals surface area (Å²) in [6.45, 7) is 5.30. The van der Waals surface area contributed by atoms with Crippen LogP contribution in [0.4, 0.5) is 17.1 Å². The Morgan fingerprint density at radius 1 is 1.14 bits per heavy atom. The fourth-order valence-electron chi connectivity index (χ4n) is 2.94. The summed E-state index contributed by atoms with van der Waals surface area (Å²) in [7, 11) is 2.14. The number of aliphatic hydroxyl groups excluding tert-OH is 1. The molecule has 1 aliphatic heterocycles. The van der Waals surface area contributed by atoms with Gasteiger partial charge in [0.25, 0.3) is 0 Å². The van der Waals surface area contributed by atoms with E-state index in [-0.39, 0.29) is 12.1 Å². The smallest absolute Gasteiger partial charge is 0.0696 e. The van der Waals surface area contributed by atoms with Crippen LogP contribution in [0.5, 0.6) is 0 Å². The summed E-state index contributed by atoms with van der Waals surface area (Å²) in [6.07, 6.45) is 0. The average Bonchev–Trinajstić information content (AvgIpc) is 2.51. The molecule has 2 aromatic carbocycles. The maximum atomic E-state index is 9.29. The standard InChI is InChI=1S/C18H21ClN2O/c1-18(2)12-21(14-9-8-13(11-22)15(19)10-14)17-7-5-4-6-16(17)20(18)3/h4-10,22H,11-12H2,1-3H3. The summed E-state index contributed by atoms with van der Waals surface area (Å²) in [5.74, 6) is 0. The number of aliphatic hydroxyl groups is 1. The lowest BCUT2D eigenvalue weighted by molar-refractivity contribution is 0.282. The number of fused-ring (bicyclic) bond motifs is 1. The van der Waals surface area contributed by atoms with Crippen molar-refractivity contribution >= 4 is 28.7 Å². The van der Waals surface area contributed by atoms with E-state index in [0.29, 0.717) is 5.02 Å². The van der Waals surface area contributed by atoms with E-state index in [2.05, 4.69) is 55.0 Å². The molecule has 1 aliphatic rings. The highest BCUT2D eigenvalue weighted by atomic mass is 35.5. The van der Waals surface area contributed by atoms with Crippen molar-refractivity contribution in [2.75, 3.05) is 23.4 Å². The van der Waals surface area contributed by atoms with E-state index >= 15 is 0 Å². The van der Waals surface area contributed by atoms with Crippen LogP contribution in [0.25, 0.3) is 0 Å². The zero-order valence-corrected chi connectivity index (χ0v) is 13.9. The fourth-order valence-corrected chi connectivity index (χ4v) is 3.18. The number of rotatable bonds is 2. The molecule has 2 aromatic rings. The molecule has 0 amide bonds. The second-order valence-corrected chi connectivity index (χ2v) is 6.79. The van der Waals surface area contributed by atoms with Crippen LogP contribution in [0.1, 0.15) is 19.4 Å². The van der Waals surface area contributed by atoms with Gasteiger partial charge in [-0.2, -0.15) is 0 Å². The van der Waals surface area contributed by atoms with Crippen molar-refractivity contribution in [3.63, 3.8) is 0 Å². The molecule has 0 bridgehead atoms. The van der Waals surface area contributed by atoms with E-state index in [0.717, 1.165) is 17.8 Å². The minimum atomic E-state index is -0.0378. The Morgan fingerprint density at radius 3 is 2.45 bits per heavy atom. The first-order chi connectivity index (χ1) is 10.4. The summed E-state index contributed by atoms with van der Waals surface area (Å²) < 4.78 is 0. The molecule has 3 nitrogen and oxygen atoms in total. The summed E-state index contributed by atoms with van der Waals surface area (Å²) in [5.41, 5.74) is 4.21. The molecule has 0 spiro atoms. The number of hydrogen-bond acceptors (Lipinski definition) is 3. The van der Waals surface area contributed by atoms with Crippen LogP contribution >= 0.6 is 11.6 Å². The van der Waals surface area contributed by atoms with Crippen molar-refractivity contribution in [1.82, 2.24) is 0 Å². The van der Waals surface area contributed by atoms with Gasteiger partial charge in [-0.1, -0.05) is 29.8 Å². The van der Waals surface area contributed by atoms with Crippen molar-refractivity contribution in [3.05, 3.63) is 53.1 Å². The van der Waals surface area contributed by atoms with Gasteiger partial charge in [-0.25, -0.2) is 0 Å². The van der Waals surface area contributed by atoms with Gasteiger partial charge in [-0.05, 0) is 43.7 Å². The second kappa shape index (κ2) is 5.49.